The summed E-state index contributed by atoms with van der Waals surface area (Å²) >= 11 is 1.60. The van der Waals surface area contributed by atoms with Gasteiger partial charge in [-0.1, -0.05) is 0 Å². The highest BCUT2D eigenvalue weighted by atomic mass is 32.2. The average molecular weight is 274 g/mol. The number of nitrogens with zero attached hydrogens (tertiary/aromatic N) is 3. The number of rotatable bonds is 4. The van der Waals surface area contributed by atoms with E-state index < -0.39 is 4.92 Å². The molecule has 0 saturated carbocycles. The molecule has 18 heavy (non-hydrogen) atoms. The molecule has 0 spiro atoms. The second kappa shape index (κ2) is 5.74. The largest absolute Gasteiger partial charge is 0.285 e. The molecule has 0 atom stereocenters. The molecule has 0 aliphatic heterocycles. The van der Waals surface area contributed by atoms with Crippen LogP contribution in [0.5, 0.6) is 0 Å². The average Bonchev–Trinajstić information content (AvgIpc) is 2.37. The van der Waals surface area contributed by atoms with Gasteiger partial charge in [0.2, 0.25) is 0 Å². The summed E-state index contributed by atoms with van der Waals surface area (Å²) in [6.07, 6.45) is 3.45. The SMILES string of the molecule is O=[N+]([O-])c1ccc(CSc2ccncc2)nc1[Si]. The summed E-state index contributed by atoms with van der Waals surface area (Å²) in [6.45, 7) is 0. The van der Waals surface area contributed by atoms with Gasteiger partial charge in [-0.3, -0.25) is 20.1 Å². The second-order valence-electron chi connectivity index (χ2n) is 3.40. The maximum absolute atomic E-state index is 10.6. The first kappa shape index (κ1) is 12.7. The van der Waals surface area contributed by atoms with Crippen molar-refractivity contribution in [1.29, 1.82) is 0 Å². The van der Waals surface area contributed by atoms with Gasteiger partial charge in [0.25, 0.3) is 5.69 Å². The highest BCUT2D eigenvalue weighted by Gasteiger charge is 2.11. The fourth-order valence-electron chi connectivity index (χ4n) is 1.31. The molecule has 0 aliphatic rings. The van der Waals surface area contributed by atoms with Gasteiger partial charge in [0, 0.05) is 29.1 Å². The van der Waals surface area contributed by atoms with Gasteiger partial charge in [-0.2, -0.15) is 0 Å². The molecule has 0 amide bonds. The van der Waals surface area contributed by atoms with Gasteiger partial charge in [-0.15, -0.1) is 11.8 Å². The minimum Gasteiger partial charge on any atom is -0.265 e. The van der Waals surface area contributed by atoms with Crippen LogP contribution >= 0.6 is 11.8 Å². The lowest BCUT2D eigenvalue weighted by molar-refractivity contribution is -0.383. The van der Waals surface area contributed by atoms with Gasteiger partial charge in [-0.25, -0.2) is 0 Å². The van der Waals surface area contributed by atoms with Crippen molar-refractivity contribution in [2.45, 2.75) is 10.6 Å². The fraction of sp³-hybridized carbons (Fsp3) is 0.0909. The van der Waals surface area contributed by atoms with E-state index in [0.29, 0.717) is 5.75 Å². The summed E-state index contributed by atoms with van der Waals surface area (Å²) in [5.74, 6) is 0.652. The monoisotopic (exact) mass is 274 g/mol. The quantitative estimate of drug-likeness (QED) is 0.365. The Hall–Kier alpha value is -1.73. The molecule has 89 valence electrons. The van der Waals surface area contributed by atoms with Crippen LogP contribution < -0.4 is 5.32 Å². The number of thioether (sulfide) groups is 1. The second-order valence-corrected chi connectivity index (χ2v) is 4.92. The molecule has 3 radical (unpaired) electrons. The molecule has 2 rings (SSSR count). The van der Waals surface area contributed by atoms with E-state index in [0.717, 1.165) is 10.6 Å². The van der Waals surface area contributed by atoms with Crippen LogP contribution in [0.2, 0.25) is 0 Å². The molecule has 5 nitrogen and oxygen atoms in total. The molecule has 7 heteroatoms. The maximum Gasteiger partial charge on any atom is 0.285 e. The zero-order valence-electron chi connectivity index (χ0n) is 9.24. The Bertz CT molecular complexity index is 565. The van der Waals surface area contributed by atoms with Gasteiger partial charge in [0.15, 0.2) is 0 Å². The molecule has 2 aromatic heterocycles. The first-order valence-corrected chi connectivity index (χ1v) is 6.54. The molecular weight excluding hydrogens is 266 g/mol. The zero-order valence-corrected chi connectivity index (χ0v) is 11.1. The summed E-state index contributed by atoms with van der Waals surface area (Å²) in [7, 11) is 3.16. The zero-order chi connectivity index (χ0) is 13.0. The third-order valence-electron chi connectivity index (χ3n) is 2.16. The highest BCUT2D eigenvalue weighted by molar-refractivity contribution is 7.98. The van der Waals surface area contributed by atoms with Crippen LogP contribution in [0.3, 0.4) is 0 Å². The molecular formula is C11H8N3O2SSi. The van der Waals surface area contributed by atoms with Gasteiger partial charge >= 0.3 is 0 Å². The highest BCUT2D eigenvalue weighted by Crippen LogP contribution is 2.21. The Morgan fingerprint density at radius 3 is 2.61 bits per heavy atom. The van der Waals surface area contributed by atoms with Crippen molar-refractivity contribution >= 4 is 33.0 Å². The predicted molar refractivity (Wildman–Crippen MR) is 70.1 cm³/mol. The van der Waals surface area contributed by atoms with Gasteiger partial charge in [0.1, 0.15) is 10.2 Å². The lowest BCUT2D eigenvalue weighted by Gasteiger charge is -2.02. The molecule has 0 unspecified atom stereocenters. The van der Waals surface area contributed by atoms with E-state index >= 15 is 0 Å². The first-order valence-electron chi connectivity index (χ1n) is 5.05. The van der Waals surface area contributed by atoms with Gasteiger partial charge in [-0.05, 0) is 18.2 Å². The van der Waals surface area contributed by atoms with E-state index in [1.54, 1.807) is 30.2 Å². The number of pyridine rings is 2. The van der Waals surface area contributed by atoms with Crippen LogP contribution in [0.15, 0.2) is 41.6 Å². The Morgan fingerprint density at radius 1 is 1.28 bits per heavy atom. The van der Waals surface area contributed by atoms with Crippen molar-refractivity contribution in [3.8, 4) is 0 Å². The lowest BCUT2D eigenvalue weighted by atomic mass is 10.3. The van der Waals surface area contributed by atoms with Crippen LogP contribution in [-0.2, 0) is 5.75 Å². The topological polar surface area (TPSA) is 68.9 Å². The molecule has 0 aliphatic carbocycles. The summed E-state index contributed by atoms with van der Waals surface area (Å²) in [4.78, 5) is 19.3. The molecule has 0 N–H and O–H groups in total. The predicted octanol–water partition coefficient (Wildman–Crippen LogP) is 1.47. The summed E-state index contributed by atoms with van der Waals surface area (Å²) in [5, 5.41) is 10.9. The standard InChI is InChI=1S/C11H8N3O2SSi/c15-14(16)10-2-1-8(13-11(10)18)7-17-9-3-5-12-6-4-9/h1-6H,7H2. The third kappa shape index (κ3) is 3.14. The first-order chi connectivity index (χ1) is 8.66. The molecule has 0 saturated heterocycles. The molecule has 0 aromatic carbocycles. The van der Waals surface area contributed by atoms with E-state index in [2.05, 4.69) is 20.2 Å². The molecule has 0 fully saturated rings. The van der Waals surface area contributed by atoms with Crippen molar-refractivity contribution < 1.29 is 4.92 Å². The van der Waals surface area contributed by atoms with Crippen LogP contribution in [0, 0.1) is 10.1 Å². The molecule has 2 aromatic rings. The van der Waals surface area contributed by atoms with Gasteiger partial charge in [0.05, 0.1) is 15.9 Å². The number of nitro groups is 1. The fourth-order valence-corrected chi connectivity index (χ4v) is 2.42. The van der Waals surface area contributed by atoms with Gasteiger partial charge < -0.3 is 0 Å². The Labute approximate surface area is 111 Å². The number of hydrogen-bond acceptors (Lipinski definition) is 5. The normalized spacial score (nSPS) is 10.3. The molecule has 2 heterocycles. The van der Waals surface area contributed by atoms with Crippen molar-refractivity contribution in [1.82, 2.24) is 9.97 Å². The van der Waals surface area contributed by atoms with Crippen molar-refractivity contribution in [2.75, 3.05) is 0 Å². The van der Waals surface area contributed by atoms with Crippen LogP contribution in [-0.4, -0.2) is 25.1 Å². The van der Waals surface area contributed by atoms with E-state index in [-0.39, 0.29) is 11.0 Å². The number of hydrogen-bond donors (Lipinski definition) is 0. The minimum atomic E-state index is -0.463. The van der Waals surface area contributed by atoms with E-state index in [4.69, 9.17) is 0 Å². The third-order valence-corrected chi connectivity index (χ3v) is 3.58. The Kier molecular flexibility index (Phi) is 4.06. The Balaban J connectivity index is 2.07. The molecule has 0 bridgehead atoms. The van der Waals surface area contributed by atoms with Crippen molar-refractivity contribution in [3.63, 3.8) is 0 Å². The smallest absolute Gasteiger partial charge is 0.265 e. The van der Waals surface area contributed by atoms with E-state index in [1.165, 1.54) is 6.07 Å². The van der Waals surface area contributed by atoms with E-state index in [1.807, 2.05) is 12.1 Å². The lowest BCUT2D eigenvalue weighted by Crippen LogP contribution is -2.15. The van der Waals surface area contributed by atoms with Crippen molar-refractivity contribution in [2.24, 2.45) is 0 Å². The maximum atomic E-state index is 10.6. The summed E-state index contributed by atoms with van der Waals surface area (Å²) in [6, 6.07) is 6.93. The van der Waals surface area contributed by atoms with Crippen LogP contribution in [0.1, 0.15) is 5.69 Å². The number of aromatic nitrogens is 2. The summed E-state index contributed by atoms with van der Waals surface area (Å²) < 4.78 is 0. The Morgan fingerprint density at radius 2 is 2.00 bits per heavy atom. The van der Waals surface area contributed by atoms with Crippen LogP contribution in [0.25, 0.3) is 0 Å². The van der Waals surface area contributed by atoms with Crippen molar-refractivity contribution in [3.05, 3.63) is 52.5 Å². The van der Waals surface area contributed by atoms with E-state index in [9.17, 15) is 10.1 Å². The van der Waals surface area contributed by atoms with Crippen LogP contribution in [0.4, 0.5) is 5.69 Å². The summed E-state index contributed by atoms with van der Waals surface area (Å²) in [5.41, 5.74) is 0.761. The minimum absolute atomic E-state index is 0.0238.